The van der Waals surface area contributed by atoms with Gasteiger partial charge >= 0.3 is 13.5 Å². The molecule has 1 aromatic heterocycles. The molecule has 2 saturated heterocycles. The van der Waals surface area contributed by atoms with Crippen molar-refractivity contribution in [2.45, 2.75) is 43.5 Å². The number of phosphoric ester groups is 1. The Labute approximate surface area is 212 Å². The van der Waals surface area contributed by atoms with E-state index in [4.69, 9.17) is 29.9 Å². The highest BCUT2D eigenvalue weighted by Gasteiger charge is 2.54. The van der Waals surface area contributed by atoms with Gasteiger partial charge in [0, 0.05) is 31.7 Å². The van der Waals surface area contributed by atoms with Gasteiger partial charge in [-0.05, 0) is 30.7 Å². The van der Waals surface area contributed by atoms with E-state index in [1.807, 2.05) is 0 Å². The van der Waals surface area contributed by atoms with E-state index in [1.54, 1.807) is 43.3 Å². The molecular formula is C22H28ClN4O8P. The molecule has 4 rings (SSSR count). The molecule has 1 unspecified atom stereocenters. The third-order valence-corrected chi connectivity index (χ3v) is 7.46. The Morgan fingerprint density at radius 2 is 2.19 bits per heavy atom. The Balaban J connectivity index is 1.45. The average Bonchev–Trinajstić information content (AvgIpc) is 3.05. The zero-order chi connectivity index (χ0) is 26.1. The zero-order valence-corrected chi connectivity index (χ0v) is 21.6. The van der Waals surface area contributed by atoms with Crippen LogP contribution in [0.1, 0.15) is 31.2 Å². The number of phosphoric acid groups is 1. The number of hydrogen-bond acceptors (Lipinski definition) is 10. The molecular weight excluding hydrogens is 515 g/mol. The summed E-state index contributed by atoms with van der Waals surface area (Å²) < 4.78 is 36.2. The minimum absolute atomic E-state index is 0.118. The van der Waals surface area contributed by atoms with Crippen molar-refractivity contribution in [3.63, 3.8) is 0 Å². The molecule has 2 N–H and O–H groups in total. The van der Waals surface area contributed by atoms with Gasteiger partial charge < -0.3 is 19.8 Å². The predicted molar refractivity (Wildman–Crippen MR) is 130 cm³/mol. The highest BCUT2D eigenvalue weighted by molar-refractivity contribution is 7.48. The average molecular weight is 543 g/mol. The van der Waals surface area contributed by atoms with Gasteiger partial charge in [0.05, 0.1) is 25.7 Å². The van der Waals surface area contributed by atoms with Crippen molar-refractivity contribution in [2.24, 2.45) is 4.99 Å². The summed E-state index contributed by atoms with van der Waals surface area (Å²) in [6, 6.07) is 8.43. The van der Waals surface area contributed by atoms with Crippen molar-refractivity contribution in [1.82, 2.24) is 14.5 Å². The highest BCUT2D eigenvalue weighted by atomic mass is 35.5. The number of benzene rings is 1. The van der Waals surface area contributed by atoms with Crippen LogP contribution in [0.3, 0.4) is 0 Å². The van der Waals surface area contributed by atoms with Crippen molar-refractivity contribution in [3.05, 3.63) is 57.6 Å². The smallest absolute Gasteiger partial charge is 0.387 e. The molecule has 1 aromatic carbocycles. The Kier molecular flexibility index (Phi) is 7.98. The number of rotatable bonds is 7. The number of nitrogens with zero attached hydrogens (tertiary/aromatic N) is 4. The van der Waals surface area contributed by atoms with Crippen LogP contribution in [-0.2, 0) is 22.9 Å². The Hall–Kier alpha value is -2.15. The fourth-order valence-electron chi connectivity index (χ4n) is 3.88. The fourth-order valence-corrected chi connectivity index (χ4v) is 5.48. The van der Waals surface area contributed by atoms with Crippen molar-refractivity contribution < 1.29 is 33.1 Å². The maximum atomic E-state index is 13.1. The second-order valence-electron chi connectivity index (χ2n) is 8.90. The van der Waals surface area contributed by atoms with Gasteiger partial charge in [0.1, 0.15) is 17.8 Å². The minimum atomic E-state index is -4.01. The molecule has 14 heteroatoms. The first-order valence-electron chi connectivity index (χ1n) is 11.2. The van der Waals surface area contributed by atoms with Gasteiger partial charge in [-0.25, -0.2) is 14.4 Å². The van der Waals surface area contributed by atoms with Crippen molar-refractivity contribution in [2.75, 3.05) is 27.3 Å². The highest BCUT2D eigenvalue weighted by Crippen LogP contribution is 2.57. The quantitative estimate of drug-likeness (QED) is 0.304. The first-order chi connectivity index (χ1) is 17.0. The van der Waals surface area contributed by atoms with Crippen LogP contribution in [0, 0.1) is 0 Å². The standard InChI is InChI=1S/C22H28ClN4O8P/c1-22(30)19(28)17(34-20(22)27-9-7-18(25-21(27)29)24-13-26(2)3)12-33-36(31)32-10-8-16(35-36)14-5-4-6-15(23)11-14/h4-7,9,11,13,16-17,19-20,28,30H,8,10,12H2,1-3H3/b24-13-/t16-,17+,19+,20+,22+,36?/m0/s1. The van der Waals surface area contributed by atoms with Crippen molar-refractivity contribution in [3.8, 4) is 0 Å². The van der Waals surface area contributed by atoms with E-state index < -0.39 is 50.3 Å². The number of ether oxygens (including phenoxy) is 1. The molecule has 0 spiro atoms. The van der Waals surface area contributed by atoms with Crippen LogP contribution in [0.25, 0.3) is 0 Å². The summed E-state index contributed by atoms with van der Waals surface area (Å²) in [7, 11) is -0.469. The van der Waals surface area contributed by atoms with Crippen LogP contribution in [0.5, 0.6) is 0 Å². The molecule has 2 aliphatic heterocycles. The van der Waals surface area contributed by atoms with Crippen molar-refractivity contribution >= 4 is 31.6 Å². The summed E-state index contributed by atoms with van der Waals surface area (Å²) in [6.07, 6.45) is -1.20. The van der Waals surface area contributed by atoms with Crippen LogP contribution in [0.4, 0.5) is 5.82 Å². The van der Waals surface area contributed by atoms with Gasteiger partial charge in [0.15, 0.2) is 12.0 Å². The normalized spacial score (nSPS) is 32.7. The van der Waals surface area contributed by atoms with Gasteiger partial charge in [0.25, 0.3) is 0 Å². The topological polar surface area (TPSA) is 145 Å². The van der Waals surface area contributed by atoms with E-state index in [9.17, 15) is 19.6 Å². The van der Waals surface area contributed by atoms with E-state index in [0.29, 0.717) is 11.4 Å². The summed E-state index contributed by atoms with van der Waals surface area (Å²) in [5.74, 6) is 0.168. The molecule has 2 fully saturated rings. The number of aliphatic hydroxyl groups excluding tert-OH is 1. The third-order valence-electron chi connectivity index (χ3n) is 5.75. The lowest BCUT2D eigenvalue weighted by Gasteiger charge is -2.30. The lowest BCUT2D eigenvalue weighted by Crippen LogP contribution is -2.46. The Morgan fingerprint density at radius 3 is 2.89 bits per heavy atom. The lowest BCUT2D eigenvalue weighted by atomic mass is 9.96. The van der Waals surface area contributed by atoms with E-state index in [-0.39, 0.29) is 12.4 Å². The van der Waals surface area contributed by atoms with Gasteiger partial charge in [-0.2, -0.15) is 4.98 Å². The predicted octanol–water partition coefficient (Wildman–Crippen LogP) is 2.43. The summed E-state index contributed by atoms with van der Waals surface area (Å²) in [4.78, 5) is 22.2. The van der Waals surface area contributed by atoms with Crippen LogP contribution in [0.2, 0.25) is 5.02 Å². The van der Waals surface area contributed by atoms with Crippen LogP contribution >= 0.6 is 19.4 Å². The molecule has 36 heavy (non-hydrogen) atoms. The van der Waals surface area contributed by atoms with E-state index in [0.717, 1.165) is 10.1 Å². The molecule has 0 bridgehead atoms. The number of aliphatic imine (C=N–C) groups is 1. The van der Waals surface area contributed by atoms with Gasteiger partial charge in [-0.1, -0.05) is 23.7 Å². The van der Waals surface area contributed by atoms with Crippen LogP contribution in [-0.4, -0.2) is 76.1 Å². The van der Waals surface area contributed by atoms with Gasteiger partial charge in [-0.15, -0.1) is 0 Å². The van der Waals surface area contributed by atoms with Gasteiger partial charge in [0.2, 0.25) is 0 Å². The van der Waals surface area contributed by atoms with Crippen LogP contribution < -0.4 is 5.69 Å². The number of hydrogen-bond donors (Lipinski definition) is 2. The molecule has 12 nitrogen and oxygen atoms in total. The summed E-state index contributed by atoms with van der Waals surface area (Å²) in [5, 5.41) is 22.2. The SMILES string of the molecule is CN(C)/C=N\c1ccn([C@@H]2O[C@H](COP3(=O)OCC[C@@H](c4cccc(Cl)c4)O3)[C@@H](O)[C@@]2(C)O)c(=O)n1. The second-order valence-corrected chi connectivity index (χ2v) is 11.0. The first-order valence-corrected chi connectivity index (χ1v) is 13.0. The third kappa shape index (κ3) is 5.87. The molecule has 0 saturated carbocycles. The molecule has 3 heterocycles. The van der Waals surface area contributed by atoms with Gasteiger partial charge in [-0.3, -0.25) is 18.1 Å². The fraction of sp³-hybridized carbons (Fsp3) is 0.500. The zero-order valence-electron chi connectivity index (χ0n) is 19.9. The summed E-state index contributed by atoms with van der Waals surface area (Å²) >= 11 is 6.04. The molecule has 0 amide bonds. The van der Waals surface area contributed by atoms with Crippen LogP contribution in [0.15, 0.2) is 46.3 Å². The first kappa shape index (κ1) is 26.9. The maximum Gasteiger partial charge on any atom is 0.475 e. The molecule has 196 valence electrons. The Morgan fingerprint density at radius 1 is 1.42 bits per heavy atom. The molecule has 2 aromatic rings. The van der Waals surface area contributed by atoms with E-state index in [2.05, 4.69) is 9.98 Å². The summed E-state index contributed by atoms with van der Waals surface area (Å²) in [6.45, 7) is 1.01. The minimum Gasteiger partial charge on any atom is -0.387 e. The number of halogens is 1. The molecule has 6 atom stereocenters. The molecule has 0 radical (unpaired) electrons. The second kappa shape index (κ2) is 10.7. The largest absolute Gasteiger partial charge is 0.475 e. The molecule has 2 aliphatic rings. The Bertz CT molecular complexity index is 1220. The monoisotopic (exact) mass is 542 g/mol. The summed E-state index contributed by atoms with van der Waals surface area (Å²) in [5.41, 5.74) is -1.90. The number of aliphatic hydroxyl groups is 2. The van der Waals surface area contributed by atoms with E-state index in [1.165, 1.54) is 25.5 Å². The van der Waals surface area contributed by atoms with Crippen molar-refractivity contribution in [1.29, 1.82) is 0 Å². The van der Waals surface area contributed by atoms with E-state index >= 15 is 0 Å². The molecule has 0 aliphatic carbocycles. The number of aromatic nitrogens is 2. The maximum absolute atomic E-state index is 13.1. The lowest BCUT2D eigenvalue weighted by molar-refractivity contribution is -0.0989.